The molecule has 3 heterocycles. The number of furan rings is 1. The lowest BCUT2D eigenvalue weighted by Crippen LogP contribution is -2.41. The smallest absolute Gasteiger partial charge is 0.206 e. The number of hydrogen-bond acceptors (Lipinski definition) is 2. The highest BCUT2D eigenvalue weighted by atomic mass is 16.3. The van der Waals surface area contributed by atoms with E-state index in [9.17, 15) is 0 Å². The van der Waals surface area contributed by atoms with Gasteiger partial charge in [0.15, 0.2) is 0 Å². The summed E-state index contributed by atoms with van der Waals surface area (Å²) in [5.41, 5.74) is 6.88. The minimum atomic E-state index is 0.122. The number of fused-ring (bicyclic) bond motifs is 4. The summed E-state index contributed by atoms with van der Waals surface area (Å²) in [6.45, 7) is 4.60. The summed E-state index contributed by atoms with van der Waals surface area (Å²) < 4.78 is 8.13. The highest BCUT2D eigenvalue weighted by Gasteiger charge is 2.53. The molecule has 0 saturated heterocycles. The van der Waals surface area contributed by atoms with Crippen LogP contribution in [-0.4, -0.2) is 4.57 Å². The molecule has 0 bridgehead atoms. The number of hydrogen-bond donors (Lipinski definition) is 0. The number of anilines is 1. The average Bonchev–Trinajstić information content (AvgIpc) is 3.30. The number of rotatable bonds is 1. The lowest BCUT2D eigenvalue weighted by Gasteiger charge is -2.41. The van der Waals surface area contributed by atoms with E-state index in [1.807, 2.05) is 6.26 Å². The van der Waals surface area contributed by atoms with E-state index in [4.69, 9.17) is 4.42 Å². The molecule has 1 saturated carbocycles. The molecule has 3 heteroatoms. The van der Waals surface area contributed by atoms with Crippen LogP contribution < -0.4 is 4.90 Å². The predicted octanol–water partition coefficient (Wildman–Crippen LogP) is 5.43. The van der Waals surface area contributed by atoms with Crippen LogP contribution in [0.5, 0.6) is 0 Å². The molecule has 0 radical (unpaired) electrons. The Balaban J connectivity index is 1.82. The molecule has 0 amide bonds. The summed E-state index contributed by atoms with van der Waals surface area (Å²) in [4.78, 5) is 2.71. The van der Waals surface area contributed by atoms with E-state index in [2.05, 4.69) is 60.7 Å². The van der Waals surface area contributed by atoms with Gasteiger partial charge in [-0.2, -0.15) is 0 Å². The van der Waals surface area contributed by atoms with Crippen LogP contribution >= 0.6 is 0 Å². The Bertz CT molecular complexity index is 927. The third kappa shape index (κ3) is 1.53. The average molecular weight is 320 g/mol. The fourth-order valence-corrected chi connectivity index (χ4v) is 5.49. The molecule has 1 atom stereocenters. The molecule has 1 spiro atoms. The molecule has 3 aromatic rings. The zero-order valence-electron chi connectivity index (χ0n) is 14.7. The summed E-state index contributed by atoms with van der Waals surface area (Å²) >= 11 is 0. The Hall–Kier alpha value is -2.16. The van der Waals surface area contributed by atoms with Crippen LogP contribution in [0.1, 0.15) is 55.5 Å². The Labute approximate surface area is 142 Å². The fourth-order valence-electron chi connectivity index (χ4n) is 5.49. The van der Waals surface area contributed by atoms with Crippen molar-refractivity contribution in [3.05, 3.63) is 53.4 Å². The molecule has 0 N–H and O–H groups in total. The van der Waals surface area contributed by atoms with E-state index in [1.54, 1.807) is 0 Å². The largest absolute Gasteiger partial charge is 0.448 e. The molecule has 1 aliphatic carbocycles. The van der Waals surface area contributed by atoms with Crippen LogP contribution in [0.4, 0.5) is 5.69 Å². The second-order valence-electron chi connectivity index (χ2n) is 7.53. The maximum atomic E-state index is 5.81. The Morgan fingerprint density at radius 1 is 1.12 bits per heavy atom. The second kappa shape index (κ2) is 4.69. The summed E-state index contributed by atoms with van der Waals surface area (Å²) in [5.74, 6) is 0. The standard InChI is InChI=1S/C21H24N2O/c1-14-8-4-5-9-17(14)23-15(2)18-16-10-13-24-20(16)22(3)19(18)21(23)11-6-7-12-21/h4-5,8-10,13,15H,6-7,11-12H2,1-3H3. The van der Waals surface area contributed by atoms with Crippen LogP contribution in [0.3, 0.4) is 0 Å². The lowest BCUT2D eigenvalue weighted by molar-refractivity contribution is 0.395. The van der Waals surface area contributed by atoms with Gasteiger partial charge in [-0.1, -0.05) is 31.0 Å². The first kappa shape index (κ1) is 14.2. The molecule has 1 aromatic carbocycles. The third-order valence-electron chi connectivity index (χ3n) is 6.34. The molecule has 3 nitrogen and oxygen atoms in total. The number of para-hydroxylation sites is 1. The van der Waals surface area contributed by atoms with Crippen LogP contribution in [0.25, 0.3) is 11.1 Å². The third-order valence-corrected chi connectivity index (χ3v) is 6.34. The van der Waals surface area contributed by atoms with Gasteiger partial charge in [-0.25, -0.2) is 0 Å². The lowest BCUT2D eigenvalue weighted by atomic mass is 9.92. The first-order valence-corrected chi connectivity index (χ1v) is 9.06. The van der Waals surface area contributed by atoms with Gasteiger partial charge in [0.2, 0.25) is 5.71 Å². The number of aromatic nitrogens is 1. The van der Waals surface area contributed by atoms with Crippen molar-refractivity contribution in [1.29, 1.82) is 0 Å². The summed E-state index contributed by atoms with van der Waals surface area (Å²) in [7, 11) is 2.18. The van der Waals surface area contributed by atoms with Crippen molar-refractivity contribution in [3.63, 3.8) is 0 Å². The normalized spacial score (nSPS) is 22.0. The molecule has 24 heavy (non-hydrogen) atoms. The zero-order valence-corrected chi connectivity index (χ0v) is 14.7. The summed E-state index contributed by atoms with van der Waals surface area (Å²) in [5, 5.41) is 1.29. The quantitative estimate of drug-likeness (QED) is 0.596. The zero-order chi connectivity index (χ0) is 16.5. The van der Waals surface area contributed by atoms with Crippen molar-refractivity contribution in [2.45, 2.75) is 51.1 Å². The van der Waals surface area contributed by atoms with E-state index >= 15 is 0 Å². The molecular weight excluding hydrogens is 296 g/mol. The number of nitrogens with zero attached hydrogens (tertiary/aromatic N) is 2. The van der Waals surface area contributed by atoms with Gasteiger partial charge in [-0.15, -0.1) is 0 Å². The predicted molar refractivity (Wildman–Crippen MR) is 97.4 cm³/mol. The molecule has 1 aliphatic heterocycles. The molecule has 1 fully saturated rings. The number of aryl methyl sites for hydroxylation is 2. The van der Waals surface area contributed by atoms with E-state index in [0.717, 1.165) is 5.71 Å². The van der Waals surface area contributed by atoms with E-state index in [0.29, 0.717) is 6.04 Å². The van der Waals surface area contributed by atoms with Gasteiger partial charge in [-0.05, 0) is 44.4 Å². The first-order valence-electron chi connectivity index (χ1n) is 9.06. The second-order valence-corrected chi connectivity index (χ2v) is 7.53. The van der Waals surface area contributed by atoms with Gasteiger partial charge in [0.25, 0.3) is 0 Å². The SMILES string of the molecule is Cc1ccccc1N1C(C)c2c(n(C)c3occc23)C12CCCC2. The minimum absolute atomic E-state index is 0.122. The van der Waals surface area contributed by atoms with Gasteiger partial charge in [0.1, 0.15) is 0 Å². The van der Waals surface area contributed by atoms with E-state index in [1.165, 1.54) is 53.6 Å². The van der Waals surface area contributed by atoms with Crippen molar-refractivity contribution in [2.75, 3.05) is 4.90 Å². The molecule has 2 aromatic heterocycles. The molecule has 1 unspecified atom stereocenters. The van der Waals surface area contributed by atoms with Crippen molar-refractivity contribution >= 4 is 16.8 Å². The van der Waals surface area contributed by atoms with Crippen molar-refractivity contribution < 1.29 is 4.42 Å². The Morgan fingerprint density at radius 3 is 2.62 bits per heavy atom. The number of benzene rings is 1. The van der Waals surface area contributed by atoms with Gasteiger partial charge in [0.05, 0.1) is 23.5 Å². The highest BCUT2D eigenvalue weighted by molar-refractivity contribution is 5.85. The molecule has 2 aliphatic rings. The molecule has 124 valence electrons. The molecular formula is C21H24N2O. The van der Waals surface area contributed by atoms with Gasteiger partial charge >= 0.3 is 0 Å². The van der Waals surface area contributed by atoms with Crippen molar-refractivity contribution in [3.8, 4) is 0 Å². The van der Waals surface area contributed by atoms with E-state index < -0.39 is 0 Å². The fraction of sp³-hybridized carbons (Fsp3) is 0.429. The molecule has 5 rings (SSSR count). The van der Waals surface area contributed by atoms with E-state index in [-0.39, 0.29) is 5.54 Å². The summed E-state index contributed by atoms with van der Waals surface area (Å²) in [6.07, 6.45) is 6.91. The maximum Gasteiger partial charge on any atom is 0.206 e. The Kier molecular flexibility index (Phi) is 2.77. The first-order chi connectivity index (χ1) is 11.6. The van der Waals surface area contributed by atoms with Gasteiger partial charge in [0, 0.05) is 23.7 Å². The van der Waals surface area contributed by atoms with Crippen molar-refractivity contribution in [2.24, 2.45) is 7.05 Å². The van der Waals surface area contributed by atoms with Gasteiger partial charge in [-0.3, -0.25) is 0 Å². The monoisotopic (exact) mass is 320 g/mol. The Morgan fingerprint density at radius 2 is 1.88 bits per heavy atom. The van der Waals surface area contributed by atoms with Crippen LogP contribution in [0.2, 0.25) is 0 Å². The topological polar surface area (TPSA) is 21.3 Å². The minimum Gasteiger partial charge on any atom is -0.448 e. The maximum absolute atomic E-state index is 5.81. The highest BCUT2D eigenvalue weighted by Crippen LogP contribution is 2.58. The van der Waals surface area contributed by atoms with Crippen LogP contribution in [0, 0.1) is 6.92 Å². The summed E-state index contributed by atoms with van der Waals surface area (Å²) in [6, 6.07) is 11.4. The van der Waals surface area contributed by atoms with Crippen molar-refractivity contribution in [1.82, 2.24) is 4.57 Å². The van der Waals surface area contributed by atoms with Gasteiger partial charge < -0.3 is 13.9 Å². The van der Waals surface area contributed by atoms with Crippen LogP contribution in [-0.2, 0) is 12.6 Å². The van der Waals surface area contributed by atoms with Crippen LogP contribution in [0.15, 0.2) is 41.0 Å².